The van der Waals surface area contributed by atoms with E-state index >= 15 is 0 Å². The molecule has 0 bridgehead atoms. The Kier molecular flexibility index (Phi) is 3.68. The van der Waals surface area contributed by atoms with E-state index in [-0.39, 0.29) is 0 Å². The molecule has 0 unspecified atom stereocenters. The number of aromatic amines is 1. The van der Waals surface area contributed by atoms with Gasteiger partial charge < -0.3 is 19.7 Å². The molecule has 1 aliphatic rings. The Hall–Kier alpha value is -2.83. The van der Waals surface area contributed by atoms with E-state index in [9.17, 15) is 0 Å². The first-order valence-electron chi connectivity index (χ1n) is 8.16. The molecule has 3 aromatic rings. The van der Waals surface area contributed by atoms with Crippen LogP contribution in [0.3, 0.4) is 0 Å². The number of fused-ring (bicyclic) bond motifs is 1. The molecular weight excluding hydrogens is 302 g/mol. The maximum atomic E-state index is 4.69. The molecule has 3 heterocycles. The quantitative estimate of drug-likeness (QED) is 0.792. The molecule has 24 heavy (non-hydrogen) atoms. The van der Waals surface area contributed by atoms with Gasteiger partial charge >= 0.3 is 0 Å². The van der Waals surface area contributed by atoms with E-state index in [1.807, 2.05) is 49.5 Å². The maximum absolute atomic E-state index is 4.69. The van der Waals surface area contributed by atoms with Gasteiger partial charge in [0.15, 0.2) is 0 Å². The Labute approximate surface area is 141 Å². The van der Waals surface area contributed by atoms with E-state index in [2.05, 4.69) is 30.8 Å². The fourth-order valence-electron chi connectivity index (χ4n) is 2.97. The second-order valence-corrected chi connectivity index (χ2v) is 6.16. The van der Waals surface area contributed by atoms with Gasteiger partial charge in [0, 0.05) is 46.5 Å². The minimum Gasteiger partial charge on any atom is -0.353 e. The van der Waals surface area contributed by atoms with E-state index in [4.69, 9.17) is 4.98 Å². The van der Waals surface area contributed by atoms with Gasteiger partial charge in [-0.3, -0.25) is 0 Å². The van der Waals surface area contributed by atoms with Crippen LogP contribution in [0.15, 0.2) is 36.5 Å². The number of anilines is 3. The van der Waals surface area contributed by atoms with Gasteiger partial charge in [0.05, 0.1) is 11.0 Å². The van der Waals surface area contributed by atoms with Crippen molar-refractivity contribution in [3.8, 4) is 0 Å². The van der Waals surface area contributed by atoms with Crippen LogP contribution in [0, 0.1) is 0 Å². The average molecular weight is 323 g/mol. The standard InChI is InChI=1S/C17H21N7/c1-22(2)16-18-8-7-15(21-16)23-9-11-24(12-10-23)17-19-13-5-3-4-6-14(13)20-17/h3-8H,9-12H2,1-2H3,(H,19,20). The number of H-pyrrole nitrogens is 1. The predicted octanol–water partition coefficient (Wildman–Crippen LogP) is 1.75. The van der Waals surface area contributed by atoms with Crippen LogP contribution in [-0.4, -0.2) is 60.2 Å². The molecule has 0 amide bonds. The first-order chi connectivity index (χ1) is 11.7. The first kappa shape index (κ1) is 14.7. The number of para-hydroxylation sites is 2. The molecule has 0 aliphatic carbocycles. The van der Waals surface area contributed by atoms with E-state index < -0.39 is 0 Å². The number of hydrogen-bond donors (Lipinski definition) is 1. The van der Waals surface area contributed by atoms with Crippen LogP contribution in [0.1, 0.15) is 0 Å². The van der Waals surface area contributed by atoms with Crippen molar-refractivity contribution >= 4 is 28.7 Å². The number of nitrogens with one attached hydrogen (secondary N) is 1. The van der Waals surface area contributed by atoms with E-state index in [1.165, 1.54) is 0 Å². The molecule has 1 aliphatic heterocycles. The minimum absolute atomic E-state index is 0.743. The number of nitrogens with zero attached hydrogens (tertiary/aromatic N) is 6. The molecule has 7 heteroatoms. The van der Waals surface area contributed by atoms with Gasteiger partial charge in [0.1, 0.15) is 5.82 Å². The second-order valence-electron chi connectivity index (χ2n) is 6.16. The summed E-state index contributed by atoms with van der Waals surface area (Å²) < 4.78 is 0. The van der Waals surface area contributed by atoms with E-state index in [0.29, 0.717) is 0 Å². The van der Waals surface area contributed by atoms with Gasteiger partial charge in [-0.15, -0.1) is 0 Å². The van der Waals surface area contributed by atoms with Crippen molar-refractivity contribution in [1.29, 1.82) is 0 Å². The zero-order valence-corrected chi connectivity index (χ0v) is 14.0. The van der Waals surface area contributed by atoms with Crippen molar-refractivity contribution in [2.24, 2.45) is 0 Å². The smallest absolute Gasteiger partial charge is 0.226 e. The number of rotatable bonds is 3. The average Bonchev–Trinajstić information content (AvgIpc) is 3.06. The number of hydrogen-bond acceptors (Lipinski definition) is 6. The molecule has 0 radical (unpaired) electrons. The fourth-order valence-corrected chi connectivity index (χ4v) is 2.97. The molecule has 0 saturated carbocycles. The van der Waals surface area contributed by atoms with Gasteiger partial charge in [-0.1, -0.05) is 12.1 Å². The Balaban J connectivity index is 1.47. The van der Waals surface area contributed by atoms with Crippen molar-refractivity contribution in [2.45, 2.75) is 0 Å². The molecule has 1 fully saturated rings. The highest BCUT2D eigenvalue weighted by atomic mass is 15.3. The lowest BCUT2D eigenvalue weighted by atomic mass is 10.3. The Morgan fingerprint density at radius 3 is 2.46 bits per heavy atom. The number of imidazole rings is 1. The number of benzene rings is 1. The molecule has 0 spiro atoms. The van der Waals surface area contributed by atoms with Crippen LogP contribution >= 0.6 is 0 Å². The molecule has 1 N–H and O–H groups in total. The highest BCUT2D eigenvalue weighted by Gasteiger charge is 2.20. The lowest BCUT2D eigenvalue weighted by Crippen LogP contribution is -2.47. The number of aromatic nitrogens is 4. The Bertz CT molecular complexity index is 801. The third kappa shape index (κ3) is 2.73. The maximum Gasteiger partial charge on any atom is 0.226 e. The van der Waals surface area contributed by atoms with Gasteiger partial charge in [0.25, 0.3) is 0 Å². The number of piperazine rings is 1. The zero-order valence-electron chi connectivity index (χ0n) is 14.0. The van der Waals surface area contributed by atoms with E-state index in [1.54, 1.807) is 0 Å². The summed E-state index contributed by atoms with van der Waals surface area (Å²) in [7, 11) is 3.91. The SMILES string of the molecule is CN(C)c1nccc(N2CCN(c3nc4ccccc4[nH]3)CC2)n1. The summed E-state index contributed by atoms with van der Waals surface area (Å²) in [6.45, 7) is 3.67. The van der Waals surface area contributed by atoms with Crippen LogP contribution in [-0.2, 0) is 0 Å². The van der Waals surface area contributed by atoms with Crippen molar-refractivity contribution < 1.29 is 0 Å². The molecular formula is C17H21N7. The van der Waals surface area contributed by atoms with Crippen LogP contribution in [0.4, 0.5) is 17.7 Å². The largest absolute Gasteiger partial charge is 0.353 e. The molecule has 1 saturated heterocycles. The van der Waals surface area contributed by atoms with Gasteiger partial charge in [-0.2, -0.15) is 4.98 Å². The third-order valence-corrected chi connectivity index (χ3v) is 4.31. The topological polar surface area (TPSA) is 64.2 Å². The normalized spacial score (nSPS) is 15.1. The summed E-state index contributed by atoms with van der Waals surface area (Å²) in [6.07, 6.45) is 1.82. The van der Waals surface area contributed by atoms with Crippen LogP contribution in [0.25, 0.3) is 11.0 Å². The van der Waals surface area contributed by atoms with Crippen molar-refractivity contribution in [3.05, 3.63) is 36.5 Å². The van der Waals surface area contributed by atoms with Crippen molar-refractivity contribution in [1.82, 2.24) is 19.9 Å². The lowest BCUT2D eigenvalue weighted by Gasteiger charge is -2.35. The summed E-state index contributed by atoms with van der Waals surface area (Å²) in [5, 5.41) is 0. The summed E-state index contributed by atoms with van der Waals surface area (Å²) in [5.41, 5.74) is 2.10. The van der Waals surface area contributed by atoms with Gasteiger partial charge in [0.2, 0.25) is 11.9 Å². The summed E-state index contributed by atoms with van der Waals surface area (Å²) in [6, 6.07) is 10.1. The zero-order chi connectivity index (χ0) is 16.5. The summed E-state index contributed by atoms with van der Waals surface area (Å²) in [4.78, 5) is 23.5. The molecule has 1 aromatic carbocycles. The van der Waals surface area contributed by atoms with Crippen molar-refractivity contribution in [2.75, 3.05) is 55.0 Å². The van der Waals surface area contributed by atoms with Crippen LogP contribution < -0.4 is 14.7 Å². The minimum atomic E-state index is 0.743. The molecule has 2 aromatic heterocycles. The Morgan fingerprint density at radius 1 is 0.958 bits per heavy atom. The fraction of sp³-hybridized carbons (Fsp3) is 0.353. The van der Waals surface area contributed by atoms with Gasteiger partial charge in [-0.25, -0.2) is 9.97 Å². The highest BCUT2D eigenvalue weighted by molar-refractivity contribution is 5.77. The predicted molar refractivity (Wildman–Crippen MR) is 96.9 cm³/mol. The lowest BCUT2D eigenvalue weighted by molar-refractivity contribution is 0.637. The summed E-state index contributed by atoms with van der Waals surface area (Å²) >= 11 is 0. The first-order valence-corrected chi connectivity index (χ1v) is 8.16. The van der Waals surface area contributed by atoms with Crippen LogP contribution in [0.2, 0.25) is 0 Å². The van der Waals surface area contributed by atoms with Crippen LogP contribution in [0.5, 0.6) is 0 Å². The summed E-state index contributed by atoms with van der Waals surface area (Å²) in [5.74, 6) is 2.68. The van der Waals surface area contributed by atoms with Crippen molar-refractivity contribution in [3.63, 3.8) is 0 Å². The highest BCUT2D eigenvalue weighted by Crippen LogP contribution is 2.20. The molecule has 7 nitrogen and oxygen atoms in total. The third-order valence-electron chi connectivity index (χ3n) is 4.31. The molecule has 124 valence electrons. The molecule has 0 atom stereocenters. The van der Waals surface area contributed by atoms with E-state index in [0.717, 1.165) is 54.9 Å². The monoisotopic (exact) mass is 323 g/mol. The molecule has 4 rings (SSSR count). The van der Waals surface area contributed by atoms with Gasteiger partial charge in [-0.05, 0) is 18.2 Å². The second kappa shape index (κ2) is 5.99. The Morgan fingerprint density at radius 2 is 1.71 bits per heavy atom.